The zero-order valence-electron chi connectivity index (χ0n) is 15.7. The van der Waals surface area contributed by atoms with Gasteiger partial charge in [0, 0.05) is 31.6 Å². The SMILES string of the molecule is CN=C(NCC(C1CC1)N(C)C)NCC(C)(C)c1ccccc1.I. The minimum Gasteiger partial charge on any atom is -0.356 e. The lowest BCUT2D eigenvalue weighted by Gasteiger charge is -2.28. The molecule has 0 aliphatic heterocycles. The van der Waals surface area contributed by atoms with Gasteiger partial charge in [-0.1, -0.05) is 44.2 Å². The van der Waals surface area contributed by atoms with Gasteiger partial charge in [-0.15, -0.1) is 24.0 Å². The van der Waals surface area contributed by atoms with E-state index in [1.54, 1.807) is 0 Å². The molecule has 0 radical (unpaired) electrons. The van der Waals surface area contributed by atoms with E-state index in [-0.39, 0.29) is 29.4 Å². The summed E-state index contributed by atoms with van der Waals surface area (Å²) in [5.74, 6) is 1.73. The topological polar surface area (TPSA) is 39.7 Å². The number of nitrogens with zero attached hydrogens (tertiary/aromatic N) is 2. The Morgan fingerprint density at radius 2 is 1.83 bits per heavy atom. The molecule has 5 heteroatoms. The second-order valence-corrected chi connectivity index (χ2v) is 7.42. The second kappa shape index (κ2) is 9.61. The van der Waals surface area contributed by atoms with Crippen molar-refractivity contribution < 1.29 is 0 Å². The summed E-state index contributed by atoms with van der Waals surface area (Å²) in [5, 5.41) is 6.98. The molecule has 2 rings (SSSR count). The Hall–Kier alpha value is -0.820. The molecule has 0 bridgehead atoms. The van der Waals surface area contributed by atoms with Gasteiger partial charge < -0.3 is 15.5 Å². The summed E-state index contributed by atoms with van der Waals surface area (Å²) in [6.07, 6.45) is 2.72. The molecule has 1 aliphatic rings. The molecular formula is C19H33IN4. The van der Waals surface area contributed by atoms with Crippen molar-refractivity contribution in [1.29, 1.82) is 0 Å². The Morgan fingerprint density at radius 1 is 1.21 bits per heavy atom. The maximum absolute atomic E-state index is 4.37. The van der Waals surface area contributed by atoms with E-state index < -0.39 is 0 Å². The first-order valence-electron chi connectivity index (χ1n) is 8.60. The third-order valence-electron chi connectivity index (χ3n) is 4.78. The molecule has 0 aromatic heterocycles. The van der Waals surface area contributed by atoms with Crippen molar-refractivity contribution in [2.24, 2.45) is 10.9 Å². The fourth-order valence-corrected chi connectivity index (χ4v) is 2.97. The van der Waals surface area contributed by atoms with Gasteiger partial charge in [0.15, 0.2) is 5.96 Å². The third kappa shape index (κ3) is 6.24. The molecule has 1 unspecified atom stereocenters. The van der Waals surface area contributed by atoms with E-state index in [9.17, 15) is 0 Å². The average Bonchev–Trinajstić information content (AvgIpc) is 3.36. The Kier molecular flexibility index (Phi) is 8.50. The molecule has 24 heavy (non-hydrogen) atoms. The van der Waals surface area contributed by atoms with Crippen LogP contribution in [0.2, 0.25) is 0 Å². The lowest BCUT2D eigenvalue weighted by molar-refractivity contribution is 0.264. The van der Waals surface area contributed by atoms with Crippen molar-refractivity contribution >= 4 is 29.9 Å². The van der Waals surface area contributed by atoms with Gasteiger partial charge >= 0.3 is 0 Å². The molecule has 1 saturated carbocycles. The fourth-order valence-electron chi connectivity index (χ4n) is 2.97. The first-order chi connectivity index (χ1) is 10.9. The Morgan fingerprint density at radius 3 is 2.33 bits per heavy atom. The summed E-state index contributed by atoms with van der Waals surface area (Å²) in [6, 6.07) is 11.2. The van der Waals surface area contributed by atoms with Crippen molar-refractivity contribution in [2.45, 2.75) is 38.1 Å². The quantitative estimate of drug-likeness (QED) is 0.386. The van der Waals surface area contributed by atoms with E-state index >= 15 is 0 Å². The van der Waals surface area contributed by atoms with Crippen LogP contribution in [0.4, 0.5) is 0 Å². The van der Waals surface area contributed by atoms with E-state index in [2.05, 4.69) is 78.8 Å². The average molecular weight is 444 g/mol. The van der Waals surface area contributed by atoms with Crippen LogP contribution >= 0.6 is 24.0 Å². The van der Waals surface area contributed by atoms with Crippen molar-refractivity contribution in [3.05, 3.63) is 35.9 Å². The van der Waals surface area contributed by atoms with Crippen molar-refractivity contribution in [1.82, 2.24) is 15.5 Å². The molecule has 1 aromatic carbocycles. The third-order valence-corrected chi connectivity index (χ3v) is 4.78. The molecule has 4 nitrogen and oxygen atoms in total. The summed E-state index contributed by atoms with van der Waals surface area (Å²) in [6.45, 7) is 6.32. The number of rotatable bonds is 7. The molecule has 0 saturated heterocycles. The zero-order valence-corrected chi connectivity index (χ0v) is 18.0. The van der Waals surface area contributed by atoms with Crippen LogP contribution in [0.25, 0.3) is 0 Å². The smallest absolute Gasteiger partial charge is 0.191 e. The highest BCUT2D eigenvalue weighted by Crippen LogP contribution is 2.34. The van der Waals surface area contributed by atoms with Gasteiger partial charge in [-0.2, -0.15) is 0 Å². The van der Waals surface area contributed by atoms with Gasteiger partial charge in [0.25, 0.3) is 0 Å². The Labute approximate surface area is 164 Å². The molecule has 1 aromatic rings. The number of halogens is 1. The van der Waals surface area contributed by atoms with Gasteiger partial charge in [0.05, 0.1) is 0 Å². The molecule has 0 heterocycles. The lowest BCUT2D eigenvalue weighted by atomic mass is 9.85. The fraction of sp³-hybridized carbons (Fsp3) is 0.632. The first-order valence-corrected chi connectivity index (χ1v) is 8.60. The van der Waals surface area contributed by atoms with E-state index in [1.165, 1.54) is 18.4 Å². The molecule has 136 valence electrons. The molecule has 1 aliphatic carbocycles. The number of aliphatic imine (C=N–C) groups is 1. The monoisotopic (exact) mass is 444 g/mol. The van der Waals surface area contributed by atoms with E-state index in [1.807, 2.05) is 7.05 Å². The predicted molar refractivity (Wildman–Crippen MR) is 114 cm³/mol. The Bertz CT molecular complexity index is 507. The standard InChI is InChI=1S/C19H32N4.HI/c1-19(2,16-9-7-6-8-10-16)14-22-18(20-3)21-13-17(23(4)5)15-11-12-15;/h6-10,15,17H,11-14H2,1-5H3,(H2,20,21,22);1H. The molecule has 0 amide bonds. The Balaban J connectivity index is 0.00000288. The van der Waals surface area contributed by atoms with Gasteiger partial charge in [0.2, 0.25) is 0 Å². The van der Waals surface area contributed by atoms with Crippen LogP contribution in [0.1, 0.15) is 32.3 Å². The summed E-state index contributed by atoms with van der Waals surface area (Å²) >= 11 is 0. The highest BCUT2D eigenvalue weighted by atomic mass is 127. The number of benzene rings is 1. The highest BCUT2D eigenvalue weighted by molar-refractivity contribution is 14.0. The van der Waals surface area contributed by atoms with Gasteiger partial charge in [-0.25, -0.2) is 0 Å². The summed E-state index contributed by atoms with van der Waals surface area (Å²) in [4.78, 5) is 6.70. The second-order valence-electron chi connectivity index (χ2n) is 7.42. The van der Waals surface area contributed by atoms with Crippen LogP contribution in [0.3, 0.4) is 0 Å². The van der Waals surface area contributed by atoms with E-state index in [0.717, 1.165) is 25.0 Å². The number of hydrogen-bond acceptors (Lipinski definition) is 2. The summed E-state index contributed by atoms with van der Waals surface area (Å²) in [7, 11) is 6.17. The first kappa shape index (κ1) is 21.2. The predicted octanol–water partition coefficient (Wildman–Crippen LogP) is 3.09. The van der Waals surface area contributed by atoms with E-state index in [4.69, 9.17) is 0 Å². The van der Waals surface area contributed by atoms with Crippen LogP contribution < -0.4 is 10.6 Å². The maximum atomic E-state index is 4.37. The van der Waals surface area contributed by atoms with Gasteiger partial charge in [-0.3, -0.25) is 4.99 Å². The normalized spacial score (nSPS) is 16.5. The molecular weight excluding hydrogens is 411 g/mol. The van der Waals surface area contributed by atoms with Gasteiger partial charge in [-0.05, 0) is 38.4 Å². The van der Waals surface area contributed by atoms with Crippen molar-refractivity contribution in [3.63, 3.8) is 0 Å². The van der Waals surface area contributed by atoms with Crippen LogP contribution in [0.5, 0.6) is 0 Å². The number of guanidine groups is 1. The minimum atomic E-state index is 0. The molecule has 2 N–H and O–H groups in total. The number of nitrogens with one attached hydrogen (secondary N) is 2. The summed E-state index contributed by atoms with van der Waals surface area (Å²) in [5.41, 5.74) is 1.41. The van der Waals surface area contributed by atoms with Crippen molar-refractivity contribution in [2.75, 3.05) is 34.2 Å². The number of likely N-dealkylation sites (N-methyl/N-ethyl adjacent to an activating group) is 1. The minimum absolute atomic E-state index is 0. The largest absolute Gasteiger partial charge is 0.356 e. The maximum Gasteiger partial charge on any atom is 0.191 e. The van der Waals surface area contributed by atoms with Gasteiger partial charge in [0.1, 0.15) is 0 Å². The molecule has 0 spiro atoms. The summed E-state index contributed by atoms with van der Waals surface area (Å²) < 4.78 is 0. The molecule has 1 fully saturated rings. The van der Waals surface area contributed by atoms with E-state index in [0.29, 0.717) is 6.04 Å². The number of hydrogen-bond donors (Lipinski definition) is 2. The van der Waals surface area contributed by atoms with Crippen LogP contribution in [-0.4, -0.2) is 51.1 Å². The zero-order chi connectivity index (χ0) is 16.9. The lowest BCUT2D eigenvalue weighted by Crippen LogP contribution is -2.48. The van der Waals surface area contributed by atoms with Crippen molar-refractivity contribution in [3.8, 4) is 0 Å². The van der Waals surface area contributed by atoms with Crippen LogP contribution in [0.15, 0.2) is 35.3 Å². The van der Waals surface area contributed by atoms with Crippen LogP contribution in [-0.2, 0) is 5.41 Å². The molecule has 1 atom stereocenters. The van der Waals surface area contributed by atoms with Crippen LogP contribution in [0, 0.1) is 5.92 Å². The highest BCUT2D eigenvalue weighted by Gasteiger charge is 2.32.